The van der Waals surface area contributed by atoms with Gasteiger partial charge in [-0.1, -0.05) is 6.92 Å². The Morgan fingerprint density at radius 2 is 2.32 bits per heavy atom. The van der Waals surface area contributed by atoms with Crippen molar-refractivity contribution in [3.8, 4) is 0 Å². The van der Waals surface area contributed by atoms with Crippen molar-refractivity contribution < 1.29 is 14.3 Å². The molecule has 0 aliphatic heterocycles. The van der Waals surface area contributed by atoms with Crippen LogP contribution in [0.2, 0.25) is 0 Å². The maximum atomic E-state index is 11.8. The number of esters is 1. The van der Waals surface area contributed by atoms with E-state index < -0.39 is 0 Å². The Balaban J connectivity index is 2.43. The lowest BCUT2D eigenvalue weighted by atomic mass is 10.2. The van der Waals surface area contributed by atoms with Gasteiger partial charge in [0.25, 0.3) is 5.91 Å². The second-order valence-corrected chi connectivity index (χ2v) is 4.97. The first-order valence-electron chi connectivity index (χ1n) is 6.17. The van der Waals surface area contributed by atoms with Gasteiger partial charge in [-0.05, 0) is 13.5 Å². The number of carbonyl (C=O) groups excluding carboxylic acids is 2. The van der Waals surface area contributed by atoms with Gasteiger partial charge in [-0.25, -0.2) is 4.98 Å². The highest BCUT2D eigenvalue weighted by molar-refractivity contribution is 7.09. The van der Waals surface area contributed by atoms with Crippen LogP contribution in [0.4, 0.5) is 0 Å². The summed E-state index contributed by atoms with van der Waals surface area (Å²) in [5.74, 6) is -0.966. The summed E-state index contributed by atoms with van der Waals surface area (Å²) in [5.41, 5.74) is 5.79. The van der Waals surface area contributed by atoms with E-state index in [4.69, 9.17) is 10.5 Å². The molecule has 0 aliphatic carbocycles. The van der Waals surface area contributed by atoms with E-state index in [0.717, 1.165) is 5.01 Å². The Bertz CT molecular complexity index is 434. The van der Waals surface area contributed by atoms with Gasteiger partial charge in [0.1, 0.15) is 5.69 Å². The second-order valence-electron chi connectivity index (χ2n) is 4.03. The van der Waals surface area contributed by atoms with Crippen LogP contribution in [0.1, 0.15) is 29.3 Å². The van der Waals surface area contributed by atoms with Crippen LogP contribution in [-0.2, 0) is 16.0 Å². The predicted octanol–water partition coefficient (Wildman–Crippen LogP) is 0.573. The van der Waals surface area contributed by atoms with Gasteiger partial charge in [0.2, 0.25) is 0 Å². The number of rotatable bonds is 7. The molecular weight excluding hydrogens is 266 g/mol. The average molecular weight is 285 g/mol. The van der Waals surface area contributed by atoms with Crippen LogP contribution in [0.25, 0.3) is 0 Å². The number of nitrogens with zero attached hydrogens (tertiary/aromatic N) is 1. The summed E-state index contributed by atoms with van der Waals surface area (Å²) in [6.45, 7) is 4.54. The number of nitrogens with one attached hydrogen (secondary N) is 1. The Kier molecular flexibility index (Phi) is 6.44. The standard InChI is InChI=1S/C12H19N3O3S/c1-3-18-12(17)8(2)6-14-11(16)9-7-19-10(15-9)4-5-13/h7-8H,3-6,13H2,1-2H3,(H,14,16). The van der Waals surface area contributed by atoms with Crippen LogP contribution in [0.5, 0.6) is 0 Å². The van der Waals surface area contributed by atoms with Gasteiger partial charge >= 0.3 is 5.97 Å². The normalized spacial score (nSPS) is 11.9. The van der Waals surface area contributed by atoms with Crippen LogP contribution >= 0.6 is 11.3 Å². The highest BCUT2D eigenvalue weighted by atomic mass is 32.1. The molecule has 0 aromatic carbocycles. The summed E-state index contributed by atoms with van der Waals surface area (Å²) >= 11 is 1.41. The number of thiazole rings is 1. The molecule has 0 saturated carbocycles. The van der Waals surface area contributed by atoms with E-state index in [1.807, 2.05) is 0 Å². The molecule has 0 aliphatic rings. The molecule has 0 fully saturated rings. The molecule has 1 rings (SSSR count). The van der Waals surface area contributed by atoms with Crippen molar-refractivity contribution in [1.82, 2.24) is 10.3 Å². The first-order valence-corrected chi connectivity index (χ1v) is 7.05. The molecule has 19 heavy (non-hydrogen) atoms. The summed E-state index contributed by atoms with van der Waals surface area (Å²) in [6.07, 6.45) is 0.664. The van der Waals surface area contributed by atoms with Gasteiger partial charge in [-0.2, -0.15) is 0 Å². The summed E-state index contributed by atoms with van der Waals surface area (Å²) in [5, 5.41) is 5.20. The molecule has 1 aromatic rings. The number of carbonyl (C=O) groups is 2. The molecule has 106 valence electrons. The topological polar surface area (TPSA) is 94.3 Å². The average Bonchev–Trinajstić information content (AvgIpc) is 2.85. The van der Waals surface area contributed by atoms with Crippen molar-refractivity contribution in [3.05, 3.63) is 16.1 Å². The lowest BCUT2D eigenvalue weighted by Gasteiger charge is -2.10. The quantitative estimate of drug-likeness (QED) is 0.714. The van der Waals surface area contributed by atoms with Crippen molar-refractivity contribution in [3.63, 3.8) is 0 Å². The third-order valence-corrected chi connectivity index (χ3v) is 3.31. The zero-order chi connectivity index (χ0) is 14.3. The summed E-state index contributed by atoms with van der Waals surface area (Å²) < 4.78 is 4.86. The molecule has 1 amide bonds. The fourth-order valence-electron chi connectivity index (χ4n) is 1.36. The van der Waals surface area contributed by atoms with Crippen LogP contribution in [0.3, 0.4) is 0 Å². The van der Waals surface area contributed by atoms with Crippen molar-refractivity contribution in [2.75, 3.05) is 19.7 Å². The molecule has 3 N–H and O–H groups in total. The molecule has 0 radical (unpaired) electrons. The number of hydrogen-bond donors (Lipinski definition) is 2. The van der Waals surface area contributed by atoms with Gasteiger partial charge in [-0.3, -0.25) is 9.59 Å². The number of amides is 1. The van der Waals surface area contributed by atoms with E-state index in [2.05, 4.69) is 10.3 Å². The lowest BCUT2D eigenvalue weighted by molar-refractivity contribution is -0.147. The predicted molar refractivity (Wildman–Crippen MR) is 73.0 cm³/mol. The van der Waals surface area contributed by atoms with E-state index in [1.165, 1.54) is 11.3 Å². The summed E-state index contributed by atoms with van der Waals surface area (Å²) in [7, 11) is 0. The third-order valence-electron chi connectivity index (χ3n) is 2.40. The Hall–Kier alpha value is -1.47. The molecule has 6 nitrogen and oxygen atoms in total. The summed E-state index contributed by atoms with van der Waals surface area (Å²) in [4.78, 5) is 27.3. The lowest BCUT2D eigenvalue weighted by Crippen LogP contribution is -2.32. The van der Waals surface area contributed by atoms with Crippen molar-refractivity contribution in [1.29, 1.82) is 0 Å². The highest BCUT2D eigenvalue weighted by Crippen LogP contribution is 2.10. The Morgan fingerprint density at radius 3 is 2.95 bits per heavy atom. The molecule has 1 heterocycles. The minimum atomic E-state index is -0.369. The van der Waals surface area contributed by atoms with Crippen LogP contribution in [0, 0.1) is 5.92 Å². The molecule has 0 spiro atoms. The van der Waals surface area contributed by atoms with Gasteiger partial charge in [0.05, 0.1) is 17.5 Å². The monoisotopic (exact) mass is 285 g/mol. The van der Waals surface area contributed by atoms with Gasteiger partial charge < -0.3 is 15.8 Å². The molecule has 1 atom stereocenters. The second kappa shape index (κ2) is 7.85. The molecule has 1 aromatic heterocycles. The summed E-state index contributed by atoms with van der Waals surface area (Å²) in [6, 6.07) is 0. The zero-order valence-corrected chi connectivity index (χ0v) is 12.0. The third kappa shape index (κ3) is 4.96. The minimum Gasteiger partial charge on any atom is -0.466 e. The number of aromatic nitrogens is 1. The van der Waals surface area contributed by atoms with Crippen LogP contribution < -0.4 is 11.1 Å². The number of ether oxygens (including phenoxy) is 1. The first-order chi connectivity index (χ1) is 9.08. The van der Waals surface area contributed by atoms with Gasteiger partial charge in [-0.15, -0.1) is 11.3 Å². The van der Waals surface area contributed by atoms with Crippen LogP contribution in [0.15, 0.2) is 5.38 Å². The molecule has 0 bridgehead atoms. The van der Waals surface area contributed by atoms with Crippen molar-refractivity contribution in [2.45, 2.75) is 20.3 Å². The van der Waals surface area contributed by atoms with Crippen molar-refractivity contribution >= 4 is 23.2 Å². The maximum absolute atomic E-state index is 11.8. The van der Waals surface area contributed by atoms with E-state index in [0.29, 0.717) is 25.3 Å². The molecule has 7 heteroatoms. The van der Waals surface area contributed by atoms with E-state index in [9.17, 15) is 9.59 Å². The number of nitrogens with two attached hydrogens (primary N) is 1. The number of hydrogen-bond acceptors (Lipinski definition) is 6. The molecule has 1 unspecified atom stereocenters. The fourth-order valence-corrected chi connectivity index (χ4v) is 2.15. The van der Waals surface area contributed by atoms with Crippen molar-refractivity contribution in [2.24, 2.45) is 11.7 Å². The van der Waals surface area contributed by atoms with Crippen LogP contribution in [-0.4, -0.2) is 36.6 Å². The minimum absolute atomic E-state index is 0.238. The fraction of sp³-hybridized carbons (Fsp3) is 0.583. The largest absolute Gasteiger partial charge is 0.466 e. The van der Waals surface area contributed by atoms with E-state index in [-0.39, 0.29) is 24.3 Å². The van der Waals surface area contributed by atoms with Gasteiger partial charge in [0, 0.05) is 18.3 Å². The first kappa shape index (κ1) is 15.6. The zero-order valence-electron chi connectivity index (χ0n) is 11.1. The highest BCUT2D eigenvalue weighted by Gasteiger charge is 2.16. The molecular formula is C12H19N3O3S. The Labute approximate surface area is 116 Å². The smallest absolute Gasteiger partial charge is 0.310 e. The molecule has 0 saturated heterocycles. The van der Waals surface area contributed by atoms with E-state index >= 15 is 0 Å². The van der Waals surface area contributed by atoms with E-state index in [1.54, 1.807) is 19.2 Å². The Morgan fingerprint density at radius 1 is 1.58 bits per heavy atom. The van der Waals surface area contributed by atoms with Gasteiger partial charge in [0.15, 0.2) is 0 Å². The SMILES string of the molecule is CCOC(=O)C(C)CNC(=O)c1csc(CCN)n1. The maximum Gasteiger partial charge on any atom is 0.310 e.